The highest BCUT2D eigenvalue weighted by Crippen LogP contribution is 2.34. The minimum Gasteiger partial charge on any atom is -0.496 e. The Kier molecular flexibility index (Phi) is 7.61. The predicted molar refractivity (Wildman–Crippen MR) is 107 cm³/mol. The standard InChI is InChI=1S/C23H26F2O4/c1-27-23(17-3-2-4-17)18-7-5-16(6-8-18)15-19-21(10-9-20(24)22(19)25)29-14-13-28-12-11-26/h5-10,26H,2-4,11-15H2,1H3. The van der Waals surface area contributed by atoms with E-state index in [0.29, 0.717) is 0 Å². The van der Waals surface area contributed by atoms with Crippen LogP contribution in [0.15, 0.2) is 42.0 Å². The third-order valence-electron chi connectivity index (χ3n) is 4.95. The molecule has 0 aliphatic heterocycles. The number of rotatable bonds is 10. The maximum Gasteiger partial charge on any atom is 0.166 e. The number of aliphatic hydroxyl groups is 1. The van der Waals surface area contributed by atoms with E-state index in [-0.39, 0.29) is 44.2 Å². The van der Waals surface area contributed by atoms with E-state index in [1.54, 1.807) is 7.11 Å². The fourth-order valence-corrected chi connectivity index (χ4v) is 3.28. The number of benzene rings is 2. The molecular weight excluding hydrogens is 378 g/mol. The zero-order valence-electron chi connectivity index (χ0n) is 16.5. The summed E-state index contributed by atoms with van der Waals surface area (Å²) in [5, 5.41) is 8.71. The van der Waals surface area contributed by atoms with Gasteiger partial charge in [-0.25, -0.2) is 8.78 Å². The van der Waals surface area contributed by atoms with Crippen molar-refractivity contribution in [1.29, 1.82) is 0 Å². The van der Waals surface area contributed by atoms with Crippen LogP contribution in [0.1, 0.15) is 36.0 Å². The Balaban J connectivity index is 1.74. The lowest BCUT2D eigenvalue weighted by Gasteiger charge is -2.21. The van der Waals surface area contributed by atoms with Crippen LogP contribution < -0.4 is 4.74 Å². The van der Waals surface area contributed by atoms with Crippen LogP contribution in [0.5, 0.6) is 5.75 Å². The number of ether oxygens (including phenoxy) is 3. The molecule has 0 aromatic heterocycles. The summed E-state index contributed by atoms with van der Waals surface area (Å²) in [6.07, 6.45) is 3.51. The van der Waals surface area contributed by atoms with Crippen LogP contribution in [0.25, 0.3) is 5.76 Å². The zero-order chi connectivity index (χ0) is 20.6. The fourth-order valence-electron chi connectivity index (χ4n) is 3.28. The SMILES string of the molecule is COC(=C1CCC1)c1ccc(Cc2c(OCCOCCO)ccc(F)c2F)cc1. The molecule has 4 nitrogen and oxygen atoms in total. The molecule has 0 radical (unpaired) electrons. The Bertz CT molecular complexity index is 841. The number of hydrogen-bond donors (Lipinski definition) is 1. The minimum atomic E-state index is -0.906. The molecule has 156 valence electrons. The minimum absolute atomic E-state index is 0.0755. The maximum absolute atomic E-state index is 14.5. The maximum atomic E-state index is 14.5. The van der Waals surface area contributed by atoms with Gasteiger partial charge in [-0.3, -0.25) is 0 Å². The summed E-state index contributed by atoms with van der Waals surface area (Å²) in [5.41, 5.74) is 3.32. The molecule has 0 heterocycles. The molecule has 1 saturated carbocycles. The van der Waals surface area contributed by atoms with Crippen LogP contribution in [-0.2, 0) is 15.9 Å². The number of allylic oxidation sites excluding steroid dienone is 1. The van der Waals surface area contributed by atoms with Crippen molar-refractivity contribution in [1.82, 2.24) is 0 Å². The highest BCUT2D eigenvalue weighted by Gasteiger charge is 2.18. The molecule has 0 atom stereocenters. The molecule has 2 aromatic carbocycles. The quantitative estimate of drug-likeness (QED) is 0.468. The number of hydrogen-bond acceptors (Lipinski definition) is 4. The van der Waals surface area contributed by atoms with Gasteiger partial charge in [-0.2, -0.15) is 0 Å². The van der Waals surface area contributed by atoms with Gasteiger partial charge in [0.15, 0.2) is 11.6 Å². The van der Waals surface area contributed by atoms with Gasteiger partial charge in [0.2, 0.25) is 0 Å². The van der Waals surface area contributed by atoms with E-state index in [1.165, 1.54) is 18.1 Å². The second-order valence-corrected chi connectivity index (χ2v) is 6.89. The van der Waals surface area contributed by atoms with Gasteiger partial charge in [-0.1, -0.05) is 24.3 Å². The highest BCUT2D eigenvalue weighted by atomic mass is 19.2. The van der Waals surface area contributed by atoms with E-state index in [2.05, 4.69) is 0 Å². The van der Waals surface area contributed by atoms with Crippen LogP contribution in [-0.4, -0.2) is 38.6 Å². The van der Waals surface area contributed by atoms with E-state index in [1.807, 2.05) is 24.3 Å². The summed E-state index contributed by atoms with van der Waals surface area (Å²) in [7, 11) is 1.67. The molecule has 0 saturated heterocycles. The Hall–Kier alpha value is -2.44. The van der Waals surface area contributed by atoms with Gasteiger partial charge in [0.1, 0.15) is 18.1 Å². The zero-order valence-corrected chi connectivity index (χ0v) is 16.5. The summed E-state index contributed by atoms with van der Waals surface area (Å²) in [5.74, 6) is -0.615. The molecule has 0 spiro atoms. The van der Waals surface area contributed by atoms with Crippen LogP contribution in [0.3, 0.4) is 0 Å². The first-order valence-corrected chi connectivity index (χ1v) is 9.77. The monoisotopic (exact) mass is 404 g/mol. The first kappa shape index (κ1) is 21.3. The summed E-state index contributed by atoms with van der Waals surface area (Å²) >= 11 is 0. The van der Waals surface area contributed by atoms with Crippen LogP contribution in [0.2, 0.25) is 0 Å². The second kappa shape index (κ2) is 10.4. The van der Waals surface area contributed by atoms with Crippen LogP contribution in [0, 0.1) is 11.6 Å². The van der Waals surface area contributed by atoms with Crippen molar-refractivity contribution in [2.24, 2.45) is 0 Å². The van der Waals surface area contributed by atoms with Gasteiger partial charge in [0.05, 0.1) is 26.9 Å². The Morgan fingerprint density at radius 1 is 1.00 bits per heavy atom. The van der Waals surface area contributed by atoms with Crippen molar-refractivity contribution in [3.8, 4) is 5.75 Å². The molecule has 2 aromatic rings. The average Bonchev–Trinajstić information content (AvgIpc) is 2.70. The van der Waals surface area contributed by atoms with Crippen molar-refractivity contribution >= 4 is 5.76 Å². The van der Waals surface area contributed by atoms with Crippen molar-refractivity contribution in [3.63, 3.8) is 0 Å². The molecule has 29 heavy (non-hydrogen) atoms. The van der Waals surface area contributed by atoms with Gasteiger partial charge in [-0.15, -0.1) is 0 Å². The molecular formula is C23H26F2O4. The summed E-state index contributed by atoms with van der Waals surface area (Å²) in [4.78, 5) is 0. The topological polar surface area (TPSA) is 47.9 Å². The highest BCUT2D eigenvalue weighted by molar-refractivity contribution is 5.64. The Labute approximate surface area is 169 Å². The average molecular weight is 404 g/mol. The van der Waals surface area contributed by atoms with Gasteiger partial charge in [0.25, 0.3) is 0 Å². The summed E-state index contributed by atoms with van der Waals surface area (Å²) in [6.45, 7) is 0.567. The van der Waals surface area contributed by atoms with Crippen molar-refractivity contribution in [3.05, 3.63) is 70.3 Å². The fraction of sp³-hybridized carbons (Fsp3) is 0.391. The first-order chi connectivity index (χ1) is 14.1. The molecule has 1 fully saturated rings. The van der Waals surface area contributed by atoms with Gasteiger partial charge >= 0.3 is 0 Å². The Morgan fingerprint density at radius 3 is 2.38 bits per heavy atom. The van der Waals surface area contributed by atoms with E-state index in [0.717, 1.165) is 35.8 Å². The molecule has 0 amide bonds. The predicted octanol–water partition coefficient (Wildman–Crippen LogP) is 4.48. The van der Waals surface area contributed by atoms with Crippen molar-refractivity contribution < 1.29 is 28.1 Å². The van der Waals surface area contributed by atoms with Crippen molar-refractivity contribution in [2.45, 2.75) is 25.7 Å². The largest absolute Gasteiger partial charge is 0.496 e. The van der Waals surface area contributed by atoms with E-state index >= 15 is 0 Å². The van der Waals surface area contributed by atoms with Gasteiger partial charge < -0.3 is 19.3 Å². The molecule has 0 unspecified atom stereocenters. The smallest absolute Gasteiger partial charge is 0.166 e. The first-order valence-electron chi connectivity index (χ1n) is 9.77. The molecule has 1 aliphatic carbocycles. The molecule has 6 heteroatoms. The number of halogens is 2. The third-order valence-corrected chi connectivity index (χ3v) is 4.95. The van der Waals surface area contributed by atoms with E-state index in [4.69, 9.17) is 19.3 Å². The molecule has 0 bridgehead atoms. The van der Waals surface area contributed by atoms with E-state index in [9.17, 15) is 8.78 Å². The summed E-state index contributed by atoms with van der Waals surface area (Å²) in [6, 6.07) is 10.2. The second-order valence-electron chi connectivity index (χ2n) is 6.89. The van der Waals surface area contributed by atoms with Crippen molar-refractivity contribution in [2.75, 3.05) is 33.5 Å². The van der Waals surface area contributed by atoms with Gasteiger partial charge in [-0.05, 0) is 42.5 Å². The Morgan fingerprint density at radius 2 is 1.76 bits per heavy atom. The van der Waals surface area contributed by atoms with Crippen LogP contribution in [0.4, 0.5) is 8.78 Å². The summed E-state index contributed by atoms with van der Waals surface area (Å²) < 4.78 is 44.5. The molecule has 3 rings (SSSR count). The number of aliphatic hydroxyl groups excluding tert-OH is 1. The lowest BCUT2D eigenvalue weighted by atomic mass is 9.89. The van der Waals surface area contributed by atoms with Gasteiger partial charge in [0, 0.05) is 17.5 Å². The lowest BCUT2D eigenvalue weighted by molar-refractivity contribution is 0.0702. The molecule has 1 N–H and O–H groups in total. The van der Waals surface area contributed by atoms with Crippen LogP contribution >= 0.6 is 0 Å². The normalized spacial score (nSPS) is 13.2. The van der Waals surface area contributed by atoms with E-state index < -0.39 is 11.6 Å². The molecule has 1 aliphatic rings. The lowest BCUT2D eigenvalue weighted by Crippen LogP contribution is -2.11. The number of methoxy groups -OCH3 is 1. The third kappa shape index (κ3) is 5.34.